The highest BCUT2D eigenvalue weighted by molar-refractivity contribution is 7.89. The summed E-state index contributed by atoms with van der Waals surface area (Å²) in [6.07, 6.45) is 0.670. The molecule has 1 N–H and O–H groups in total. The second kappa shape index (κ2) is 5.28. The first-order chi connectivity index (χ1) is 8.93. The Bertz CT molecular complexity index is 560. The molecule has 0 radical (unpaired) electrons. The van der Waals surface area contributed by atoms with E-state index in [0.29, 0.717) is 19.6 Å². The molecule has 104 valence electrons. The summed E-state index contributed by atoms with van der Waals surface area (Å²) in [5.41, 5.74) is 0.0609. The molecule has 6 nitrogen and oxygen atoms in total. The normalized spacial score (nSPS) is 19.8. The third-order valence-corrected chi connectivity index (χ3v) is 5.12. The Morgan fingerprint density at radius 3 is 2.47 bits per heavy atom. The van der Waals surface area contributed by atoms with E-state index in [4.69, 9.17) is 9.84 Å². The van der Waals surface area contributed by atoms with Gasteiger partial charge in [-0.25, -0.2) is 13.2 Å². The van der Waals surface area contributed by atoms with E-state index >= 15 is 0 Å². The smallest absolute Gasteiger partial charge is 0.335 e. The van der Waals surface area contributed by atoms with E-state index in [9.17, 15) is 13.2 Å². The van der Waals surface area contributed by atoms with Crippen LogP contribution in [0.25, 0.3) is 0 Å². The monoisotopic (exact) mass is 285 g/mol. The fourth-order valence-electron chi connectivity index (χ4n) is 1.94. The lowest BCUT2D eigenvalue weighted by Gasteiger charge is -2.22. The van der Waals surface area contributed by atoms with Crippen LogP contribution >= 0.6 is 0 Å². The molecule has 2 rings (SSSR count). The zero-order valence-corrected chi connectivity index (χ0v) is 11.3. The number of sulfonamides is 1. The van der Waals surface area contributed by atoms with Crippen LogP contribution in [0.2, 0.25) is 0 Å². The molecule has 0 spiro atoms. The maximum Gasteiger partial charge on any atom is 0.335 e. The maximum absolute atomic E-state index is 12.3. The van der Waals surface area contributed by atoms with Gasteiger partial charge in [-0.15, -0.1) is 0 Å². The molecule has 1 aliphatic rings. The van der Waals surface area contributed by atoms with Crippen LogP contribution in [-0.2, 0) is 14.8 Å². The summed E-state index contributed by atoms with van der Waals surface area (Å²) in [5, 5.41) is 8.78. The highest BCUT2D eigenvalue weighted by atomic mass is 32.2. The van der Waals surface area contributed by atoms with Crippen molar-refractivity contribution < 1.29 is 23.1 Å². The second-order valence-corrected chi connectivity index (χ2v) is 6.37. The van der Waals surface area contributed by atoms with Crippen molar-refractivity contribution >= 4 is 16.0 Å². The molecule has 19 heavy (non-hydrogen) atoms. The molecule has 1 aromatic carbocycles. The van der Waals surface area contributed by atoms with Gasteiger partial charge in [0, 0.05) is 13.7 Å². The van der Waals surface area contributed by atoms with Crippen LogP contribution in [0.4, 0.5) is 0 Å². The van der Waals surface area contributed by atoms with Crippen molar-refractivity contribution in [2.24, 2.45) is 0 Å². The first-order valence-electron chi connectivity index (χ1n) is 5.82. The predicted octanol–water partition coefficient (Wildman–Crippen LogP) is 0.794. The Labute approximate surface area is 111 Å². The quantitative estimate of drug-likeness (QED) is 0.884. The van der Waals surface area contributed by atoms with E-state index in [2.05, 4.69) is 0 Å². The van der Waals surface area contributed by atoms with Gasteiger partial charge in [-0.3, -0.25) is 0 Å². The van der Waals surface area contributed by atoms with Crippen LogP contribution in [0.15, 0.2) is 29.2 Å². The molecule has 1 aromatic rings. The van der Waals surface area contributed by atoms with Crippen molar-refractivity contribution in [3.63, 3.8) is 0 Å². The van der Waals surface area contributed by atoms with Gasteiger partial charge in [-0.2, -0.15) is 4.31 Å². The average molecular weight is 285 g/mol. The van der Waals surface area contributed by atoms with E-state index in [-0.39, 0.29) is 16.5 Å². The van der Waals surface area contributed by atoms with E-state index in [1.807, 2.05) is 0 Å². The van der Waals surface area contributed by atoms with Crippen LogP contribution in [0, 0.1) is 0 Å². The van der Waals surface area contributed by atoms with Crippen molar-refractivity contribution in [3.05, 3.63) is 29.8 Å². The SMILES string of the molecule is CN(C1CCOC1)S(=O)(=O)c1ccc(C(=O)O)cc1. The van der Waals surface area contributed by atoms with E-state index in [0.717, 1.165) is 0 Å². The Morgan fingerprint density at radius 1 is 1.37 bits per heavy atom. The average Bonchev–Trinajstić information content (AvgIpc) is 2.91. The molecular formula is C12H15NO5S. The van der Waals surface area contributed by atoms with Gasteiger partial charge >= 0.3 is 5.97 Å². The van der Waals surface area contributed by atoms with E-state index in [1.54, 1.807) is 0 Å². The number of aromatic carboxylic acids is 1. The van der Waals surface area contributed by atoms with Crippen molar-refractivity contribution in [3.8, 4) is 0 Å². The van der Waals surface area contributed by atoms with Crippen molar-refractivity contribution in [1.82, 2.24) is 4.31 Å². The number of hydrogen-bond acceptors (Lipinski definition) is 4. The number of carbonyl (C=O) groups is 1. The van der Waals surface area contributed by atoms with E-state index in [1.165, 1.54) is 35.6 Å². The largest absolute Gasteiger partial charge is 0.478 e. The minimum absolute atomic E-state index is 0.0609. The molecule has 0 aromatic heterocycles. The molecule has 1 aliphatic heterocycles. The summed E-state index contributed by atoms with van der Waals surface area (Å²) in [6.45, 7) is 0.950. The number of likely N-dealkylation sites (N-methyl/N-ethyl adjacent to an activating group) is 1. The zero-order chi connectivity index (χ0) is 14.0. The van der Waals surface area contributed by atoms with Gasteiger partial charge in [0.05, 0.1) is 23.1 Å². The molecule has 1 atom stereocenters. The van der Waals surface area contributed by atoms with Gasteiger partial charge in [0.2, 0.25) is 10.0 Å². The minimum Gasteiger partial charge on any atom is -0.478 e. The number of carboxylic acids is 1. The fourth-order valence-corrected chi connectivity index (χ4v) is 3.31. The van der Waals surface area contributed by atoms with Crippen LogP contribution < -0.4 is 0 Å². The summed E-state index contributed by atoms with van der Waals surface area (Å²) in [7, 11) is -2.09. The number of nitrogens with zero attached hydrogens (tertiary/aromatic N) is 1. The summed E-state index contributed by atoms with van der Waals surface area (Å²) in [4.78, 5) is 10.8. The fraction of sp³-hybridized carbons (Fsp3) is 0.417. The van der Waals surface area contributed by atoms with Gasteiger partial charge in [0.1, 0.15) is 0 Å². The van der Waals surface area contributed by atoms with Gasteiger partial charge in [-0.1, -0.05) is 0 Å². The van der Waals surface area contributed by atoms with Gasteiger partial charge < -0.3 is 9.84 Å². The lowest BCUT2D eigenvalue weighted by molar-refractivity contribution is 0.0696. The van der Waals surface area contributed by atoms with Crippen molar-refractivity contribution in [1.29, 1.82) is 0 Å². The minimum atomic E-state index is -3.60. The number of ether oxygens (including phenoxy) is 1. The maximum atomic E-state index is 12.3. The number of hydrogen-bond donors (Lipinski definition) is 1. The Morgan fingerprint density at radius 2 is 2.00 bits per heavy atom. The highest BCUT2D eigenvalue weighted by Crippen LogP contribution is 2.21. The summed E-state index contributed by atoms with van der Waals surface area (Å²) in [5.74, 6) is -1.08. The Kier molecular flexibility index (Phi) is 3.88. The molecule has 0 amide bonds. The summed E-state index contributed by atoms with van der Waals surface area (Å²) >= 11 is 0. The second-order valence-electron chi connectivity index (χ2n) is 4.37. The third-order valence-electron chi connectivity index (χ3n) is 3.20. The van der Waals surface area contributed by atoms with Gasteiger partial charge in [0.25, 0.3) is 0 Å². The van der Waals surface area contributed by atoms with E-state index < -0.39 is 16.0 Å². The highest BCUT2D eigenvalue weighted by Gasteiger charge is 2.30. The van der Waals surface area contributed by atoms with Gasteiger partial charge in [-0.05, 0) is 30.7 Å². The van der Waals surface area contributed by atoms with Crippen molar-refractivity contribution in [2.45, 2.75) is 17.4 Å². The number of carboxylic acid groups (broad SMARTS) is 1. The molecule has 0 bridgehead atoms. The molecule has 7 heteroatoms. The summed E-state index contributed by atoms with van der Waals surface area (Å²) < 4.78 is 31.1. The molecular weight excluding hydrogens is 270 g/mol. The third kappa shape index (κ3) is 2.78. The predicted molar refractivity (Wildman–Crippen MR) is 67.6 cm³/mol. The van der Waals surface area contributed by atoms with Crippen LogP contribution in [0.5, 0.6) is 0 Å². The first-order valence-corrected chi connectivity index (χ1v) is 7.26. The molecule has 1 saturated heterocycles. The number of benzene rings is 1. The molecule has 1 unspecified atom stereocenters. The Hall–Kier alpha value is -1.44. The molecule has 0 aliphatic carbocycles. The zero-order valence-electron chi connectivity index (χ0n) is 10.4. The topological polar surface area (TPSA) is 83.9 Å². The van der Waals surface area contributed by atoms with Crippen LogP contribution in [-0.4, -0.2) is 50.1 Å². The van der Waals surface area contributed by atoms with Gasteiger partial charge in [0.15, 0.2) is 0 Å². The lowest BCUT2D eigenvalue weighted by Crippen LogP contribution is -2.37. The Balaban J connectivity index is 2.25. The lowest BCUT2D eigenvalue weighted by atomic mass is 10.2. The van der Waals surface area contributed by atoms with Crippen LogP contribution in [0.1, 0.15) is 16.8 Å². The number of rotatable bonds is 4. The summed E-state index contributed by atoms with van der Waals surface area (Å²) in [6, 6.07) is 5.03. The van der Waals surface area contributed by atoms with Crippen molar-refractivity contribution in [2.75, 3.05) is 20.3 Å². The molecule has 1 heterocycles. The molecule has 0 saturated carbocycles. The first kappa shape index (κ1) is 14.0. The molecule has 1 fully saturated rings. The van der Waals surface area contributed by atoms with Crippen LogP contribution in [0.3, 0.4) is 0 Å². The standard InChI is InChI=1S/C12H15NO5S/c1-13(10-6-7-18-8-10)19(16,17)11-4-2-9(3-5-11)12(14)15/h2-5,10H,6-8H2,1H3,(H,14,15).